The first-order chi connectivity index (χ1) is 10.2. The highest BCUT2D eigenvalue weighted by Gasteiger charge is 2.29. The lowest BCUT2D eigenvalue weighted by Crippen LogP contribution is -2.22. The second-order valence-corrected chi connectivity index (χ2v) is 7.78. The summed E-state index contributed by atoms with van der Waals surface area (Å²) in [7, 11) is 1.18. The monoisotopic (exact) mass is 384 g/mol. The van der Waals surface area contributed by atoms with Gasteiger partial charge in [0.05, 0.1) is 13.3 Å². The van der Waals surface area contributed by atoms with Gasteiger partial charge in [-0.15, -0.1) is 4.41 Å². The van der Waals surface area contributed by atoms with Crippen molar-refractivity contribution in [1.82, 2.24) is 4.41 Å². The Balaban J connectivity index is 2.81. The van der Waals surface area contributed by atoms with Gasteiger partial charge >= 0.3 is 12.1 Å². The molecule has 0 heterocycles. The molecule has 0 aliphatic carbocycles. The van der Waals surface area contributed by atoms with E-state index < -0.39 is 15.2 Å². The van der Waals surface area contributed by atoms with Crippen LogP contribution in [-0.2, 0) is 9.53 Å². The quantitative estimate of drug-likeness (QED) is 0.196. The van der Waals surface area contributed by atoms with Crippen LogP contribution in [0.1, 0.15) is 12.5 Å². The van der Waals surface area contributed by atoms with Gasteiger partial charge in [-0.2, -0.15) is 5.10 Å². The molecule has 0 bridgehead atoms. The number of nitrogens with zero attached hydrogens (tertiary/aromatic N) is 2. The van der Waals surface area contributed by atoms with Crippen LogP contribution in [0.3, 0.4) is 0 Å². The third kappa shape index (κ3) is 7.22. The van der Waals surface area contributed by atoms with Crippen LogP contribution in [0, 0.1) is 0 Å². The van der Waals surface area contributed by atoms with Gasteiger partial charge in [-0.3, -0.25) is 4.79 Å². The minimum atomic E-state index is -1.77. The van der Waals surface area contributed by atoms with Crippen molar-refractivity contribution in [2.45, 2.75) is 10.0 Å². The second-order valence-electron chi connectivity index (χ2n) is 3.69. The minimum Gasteiger partial charge on any atom is -0.451 e. The molecule has 0 N–H and O–H groups in total. The number of benzene rings is 1. The predicted octanol–water partition coefficient (Wildman–Crippen LogP) is 3.99. The average Bonchev–Trinajstić information content (AvgIpc) is 2.42. The zero-order valence-electron chi connectivity index (χ0n) is 11.5. The average molecular weight is 386 g/mol. The van der Waals surface area contributed by atoms with E-state index in [-0.39, 0.29) is 0 Å². The molecule has 1 aromatic carbocycles. The molecule has 0 aromatic heterocycles. The molecular formula is C12H11Cl3N2O4S. The summed E-state index contributed by atoms with van der Waals surface area (Å²) in [6.07, 6.45) is 0.557. The molecule has 10 heteroatoms. The van der Waals surface area contributed by atoms with Crippen molar-refractivity contribution in [2.24, 2.45) is 5.10 Å². The third-order valence-electron chi connectivity index (χ3n) is 1.97. The summed E-state index contributed by atoms with van der Waals surface area (Å²) in [6.45, 7) is 1.30. The summed E-state index contributed by atoms with van der Waals surface area (Å²) >= 11 is 17.4. The van der Waals surface area contributed by atoms with Crippen LogP contribution in [0.25, 0.3) is 0 Å². The predicted molar refractivity (Wildman–Crippen MR) is 87.5 cm³/mol. The van der Waals surface area contributed by atoms with E-state index in [1.165, 1.54) is 20.2 Å². The summed E-state index contributed by atoms with van der Waals surface area (Å²) in [5.41, 5.74) is 0.634. The number of esters is 1. The van der Waals surface area contributed by atoms with Gasteiger partial charge < -0.3 is 9.47 Å². The first kappa shape index (κ1) is 18.9. The van der Waals surface area contributed by atoms with Crippen molar-refractivity contribution >= 4 is 65.0 Å². The van der Waals surface area contributed by atoms with Crippen LogP contribution in [0.5, 0.6) is 5.75 Å². The Morgan fingerprint density at radius 3 is 2.32 bits per heavy atom. The van der Waals surface area contributed by atoms with Crippen LogP contribution in [0.4, 0.5) is 4.79 Å². The van der Waals surface area contributed by atoms with Gasteiger partial charge in [0.1, 0.15) is 5.75 Å². The molecule has 0 unspecified atom stereocenters. The lowest BCUT2D eigenvalue weighted by atomic mass is 10.2. The lowest BCUT2D eigenvalue weighted by molar-refractivity contribution is -0.131. The van der Waals surface area contributed by atoms with Crippen molar-refractivity contribution in [1.29, 1.82) is 0 Å². The van der Waals surface area contributed by atoms with Crippen LogP contribution in [0.15, 0.2) is 29.4 Å². The zero-order chi connectivity index (χ0) is 16.8. The largest absolute Gasteiger partial charge is 0.451 e. The van der Waals surface area contributed by atoms with Gasteiger partial charge in [-0.1, -0.05) is 34.8 Å². The third-order valence-corrected chi connectivity index (χ3v) is 3.22. The topological polar surface area (TPSA) is 68.2 Å². The maximum atomic E-state index is 11.5. The van der Waals surface area contributed by atoms with Crippen LogP contribution >= 0.6 is 46.8 Å². The smallest absolute Gasteiger partial charge is 0.440 e. The van der Waals surface area contributed by atoms with Crippen molar-refractivity contribution in [2.75, 3.05) is 7.11 Å². The number of methoxy groups -OCH3 is 1. The van der Waals surface area contributed by atoms with E-state index in [0.717, 1.165) is 4.41 Å². The molecule has 120 valence electrons. The molecule has 0 saturated heterocycles. The number of ether oxygens (including phenoxy) is 2. The lowest BCUT2D eigenvalue weighted by Gasteiger charge is -2.18. The molecule has 1 aromatic rings. The number of hydrazone groups is 1. The fourth-order valence-electron chi connectivity index (χ4n) is 1.19. The molecular weight excluding hydrogens is 375 g/mol. The molecule has 6 nitrogen and oxygen atoms in total. The fraction of sp³-hybridized carbons (Fsp3) is 0.250. The van der Waals surface area contributed by atoms with Gasteiger partial charge in [0.15, 0.2) is 0 Å². The molecule has 0 saturated carbocycles. The molecule has 0 aliphatic heterocycles. The summed E-state index contributed by atoms with van der Waals surface area (Å²) in [4.78, 5) is 22.3. The van der Waals surface area contributed by atoms with E-state index in [4.69, 9.17) is 39.5 Å². The molecule has 1 amide bonds. The highest BCUT2D eigenvalue weighted by atomic mass is 35.6. The van der Waals surface area contributed by atoms with Crippen molar-refractivity contribution in [3.8, 4) is 5.75 Å². The number of hydrogen-bond acceptors (Lipinski definition) is 6. The van der Waals surface area contributed by atoms with Gasteiger partial charge in [-0.25, -0.2) is 4.79 Å². The normalized spacial score (nSPS) is 11.3. The van der Waals surface area contributed by atoms with E-state index in [0.29, 0.717) is 23.3 Å². The minimum absolute atomic E-state index is 0.394. The molecule has 0 fully saturated rings. The van der Waals surface area contributed by atoms with E-state index >= 15 is 0 Å². The summed E-state index contributed by atoms with van der Waals surface area (Å²) in [5, 5.41) is 3.88. The number of rotatable bonds is 4. The highest BCUT2D eigenvalue weighted by Crippen LogP contribution is 2.41. The van der Waals surface area contributed by atoms with Crippen LogP contribution < -0.4 is 4.74 Å². The van der Waals surface area contributed by atoms with Crippen molar-refractivity contribution < 1.29 is 19.1 Å². The molecule has 0 aliphatic rings. The molecule has 1 rings (SSSR count). The van der Waals surface area contributed by atoms with Crippen molar-refractivity contribution in [3.05, 3.63) is 29.8 Å². The van der Waals surface area contributed by atoms with E-state index in [9.17, 15) is 9.59 Å². The molecule has 22 heavy (non-hydrogen) atoms. The Kier molecular flexibility index (Phi) is 7.28. The first-order valence-electron chi connectivity index (χ1n) is 5.67. The zero-order valence-corrected chi connectivity index (χ0v) is 14.5. The highest BCUT2D eigenvalue weighted by molar-refractivity contribution is 8.03. The number of alkyl halides is 3. The number of hydrogen-bond donors (Lipinski definition) is 0. The first-order valence-corrected chi connectivity index (χ1v) is 7.58. The summed E-state index contributed by atoms with van der Waals surface area (Å²) < 4.78 is 8.45. The summed E-state index contributed by atoms with van der Waals surface area (Å²) in [5.74, 6) is -0.0255. The Morgan fingerprint density at radius 2 is 1.86 bits per heavy atom. The Bertz CT molecular complexity index is 560. The fourth-order valence-corrected chi connectivity index (χ4v) is 2.22. The van der Waals surface area contributed by atoms with Crippen molar-refractivity contribution in [3.63, 3.8) is 0 Å². The maximum absolute atomic E-state index is 11.5. The van der Waals surface area contributed by atoms with Crippen LogP contribution in [0.2, 0.25) is 0 Å². The van der Waals surface area contributed by atoms with E-state index in [2.05, 4.69) is 9.84 Å². The van der Waals surface area contributed by atoms with E-state index in [1.54, 1.807) is 24.3 Å². The SMILES string of the molecule is COC(=O)N(N=Cc1ccc(OC(C)=O)cc1)SC(Cl)(Cl)Cl. The standard InChI is InChI=1S/C12H11Cl3N2O4S/c1-8(18)21-10-5-3-9(4-6-10)7-16-17(11(19)20-2)22-12(13,14)15/h3-7H,1-2H3. The van der Waals surface area contributed by atoms with Gasteiger partial charge in [0.2, 0.25) is 0 Å². The van der Waals surface area contributed by atoms with Gasteiger partial charge in [0, 0.05) is 18.9 Å². The Hall–Kier alpha value is -1.15. The Labute approximate surface area is 146 Å². The van der Waals surface area contributed by atoms with E-state index in [1.807, 2.05) is 0 Å². The summed E-state index contributed by atoms with van der Waals surface area (Å²) in [6, 6.07) is 6.43. The number of amides is 1. The van der Waals surface area contributed by atoms with Gasteiger partial charge in [0.25, 0.3) is 3.12 Å². The maximum Gasteiger partial charge on any atom is 0.440 e. The second kappa shape index (κ2) is 8.47. The number of halogens is 3. The number of carbonyl (C=O) groups is 2. The van der Waals surface area contributed by atoms with Crippen LogP contribution in [-0.4, -0.2) is 32.9 Å². The number of carbonyl (C=O) groups excluding carboxylic acids is 2. The molecule has 0 radical (unpaired) electrons. The molecule has 0 atom stereocenters. The molecule has 0 spiro atoms. The van der Waals surface area contributed by atoms with Gasteiger partial charge in [-0.05, 0) is 29.8 Å². The Morgan fingerprint density at radius 1 is 1.27 bits per heavy atom.